The highest BCUT2D eigenvalue weighted by molar-refractivity contribution is 5.92. The Kier molecular flexibility index (Phi) is 6.08. The molecule has 0 bridgehead atoms. The number of esters is 1. The van der Waals surface area contributed by atoms with E-state index in [2.05, 4.69) is 5.32 Å². The van der Waals surface area contributed by atoms with E-state index < -0.39 is 17.6 Å². The van der Waals surface area contributed by atoms with Gasteiger partial charge in [0.25, 0.3) is 0 Å². The number of carbonyl (C=O) groups excluding carboxylic acids is 2. The average Bonchev–Trinajstić information content (AvgIpc) is 2.69. The molecule has 1 aliphatic rings. The number of hydrogen-bond acceptors (Lipinski definition) is 4. The van der Waals surface area contributed by atoms with E-state index in [1.54, 1.807) is 41.0 Å². The minimum atomic E-state index is -0.611. The highest BCUT2D eigenvalue weighted by Gasteiger charge is 2.24. The molecule has 1 fully saturated rings. The highest BCUT2D eigenvalue weighted by atomic mass is 19.1. The topological polar surface area (TPSA) is 61.9 Å². The molecule has 28 heavy (non-hydrogen) atoms. The van der Waals surface area contributed by atoms with Crippen LogP contribution in [0.5, 0.6) is 0 Å². The molecule has 148 valence electrons. The number of hydrogen-bond donors (Lipinski definition) is 1. The van der Waals surface area contributed by atoms with Crippen molar-refractivity contribution in [3.05, 3.63) is 59.7 Å². The number of amides is 2. The van der Waals surface area contributed by atoms with Gasteiger partial charge in [-0.05, 0) is 43.3 Å². The van der Waals surface area contributed by atoms with Crippen molar-refractivity contribution in [2.75, 3.05) is 43.0 Å². The van der Waals surface area contributed by atoms with E-state index in [9.17, 15) is 18.4 Å². The largest absolute Gasteiger partial charge is 0.462 e. The third-order valence-electron chi connectivity index (χ3n) is 4.47. The minimum Gasteiger partial charge on any atom is -0.462 e. The molecule has 2 aromatic rings. The van der Waals surface area contributed by atoms with Crippen molar-refractivity contribution < 1.29 is 23.1 Å². The Balaban J connectivity index is 1.56. The molecule has 0 radical (unpaired) electrons. The monoisotopic (exact) mass is 389 g/mol. The van der Waals surface area contributed by atoms with Crippen LogP contribution < -0.4 is 10.2 Å². The van der Waals surface area contributed by atoms with Gasteiger partial charge in [-0.3, -0.25) is 0 Å². The number of benzene rings is 2. The van der Waals surface area contributed by atoms with Gasteiger partial charge in [-0.15, -0.1) is 0 Å². The summed E-state index contributed by atoms with van der Waals surface area (Å²) >= 11 is 0. The fourth-order valence-corrected chi connectivity index (χ4v) is 3.03. The predicted octanol–water partition coefficient (Wildman–Crippen LogP) is 3.50. The number of rotatable bonds is 4. The van der Waals surface area contributed by atoms with Crippen LogP contribution in [-0.4, -0.2) is 49.7 Å². The minimum absolute atomic E-state index is 0.0582. The van der Waals surface area contributed by atoms with Gasteiger partial charge in [0.1, 0.15) is 17.3 Å². The van der Waals surface area contributed by atoms with E-state index in [0.29, 0.717) is 44.0 Å². The smallest absolute Gasteiger partial charge is 0.338 e. The Morgan fingerprint density at radius 1 is 1.00 bits per heavy atom. The predicted molar refractivity (Wildman–Crippen MR) is 102 cm³/mol. The Morgan fingerprint density at radius 3 is 2.18 bits per heavy atom. The fourth-order valence-electron chi connectivity index (χ4n) is 3.03. The molecular formula is C20H21F2N3O3. The zero-order valence-corrected chi connectivity index (χ0v) is 15.5. The first-order chi connectivity index (χ1) is 13.5. The lowest BCUT2D eigenvalue weighted by Gasteiger charge is -2.36. The highest BCUT2D eigenvalue weighted by Crippen LogP contribution is 2.24. The summed E-state index contributed by atoms with van der Waals surface area (Å²) in [7, 11) is 0. The number of ether oxygens (including phenoxy) is 1. The maximum atomic E-state index is 13.9. The van der Waals surface area contributed by atoms with Gasteiger partial charge in [0.2, 0.25) is 0 Å². The van der Waals surface area contributed by atoms with Crippen molar-refractivity contribution in [2.45, 2.75) is 6.92 Å². The third-order valence-corrected chi connectivity index (χ3v) is 4.47. The van der Waals surface area contributed by atoms with Crippen molar-refractivity contribution in [3.63, 3.8) is 0 Å². The average molecular weight is 389 g/mol. The summed E-state index contributed by atoms with van der Waals surface area (Å²) in [6.07, 6.45) is 0. The third kappa shape index (κ3) is 4.39. The molecule has 2 amide bonds. The second-order valence-corrected chi connectivity index (χ2v) is 6.27. The number of urea groups is 1. The van der Waals surface area contributed by atoms with Gasteiger partial charge in [-0.2, -0.15) is 0 Å². The quantitative estimate of drug-likeness (QED) is 0.813. The molecule has 0 aromatic heterocycles. The molecule has 0 atom stereocenters. The first-order valence-electron chi connectivity index (χ1n) is 9.01. The van der Waals surface area contributed by atoms with Crippen LogP contribution in [0.4, 0.5) is 25.0 Å². The second kappa shape index (κ2) is 8.69. The SMILES string of the molecule is CCOC(=O)c1ccc(NC(=O)N2CCN(c3c(F)cccc3F)CC2)cc1. The molecule has 6 nitrogen and oxygen atoms in total. The summed E-state index contributed by atoms with van der Waals surface area (Å²) < 4.78 is 32.7. The Labute approximate surface area is 161 Å². The van der Waals surface area contributed by atoms with Crippen LogP contribution in [0.3, 0.4) is 0 Å². The van der Waals surface area contributed by atoms with Crippen molar-refractivity contribution in [2.24, 2.45) is 0 Å². The molecule has 1 N–H and O–H groups in total. The number of para-hydroxylation sites is 1. The van der Waals surface area contributed by atoms with Gasteiger partial charge in [0.15, 0.2) is 0 Å². The number of halogens is 2. The maximum Gasteiger partial charge on any atom is 0.338 e. The molecule has 1 heterocycles. The number of piperazine rings is 1. The van der Waals surface area contributed by atoms with E-state index in [-0.39, 0.29) is 11.7 Å². The zero-order chi connectivity index (χ0) is 20.1. The summed E-state index contributed by atoms with van der Waals surface area (Å²) in [5.41, 5.74) is 0.887. The standard InChI is InChI=1S/C20H21F2N3O3/c1-2-28-19(26)14-6-8-15(9-7-14)23-20(27)25-12-10-24(11-13-25)18-16(21)4-3-5-17(18)22/h3-9H,2,10-13H2,1H3,(H,23,27). The van der Waals surface area contributed by atoms with E-state index >= 15 is 0 Å². The van der Waals surface area contributed by atoms with E-state index in [0.717, 1.165) is 0 Å². The van der Waals surface area contributed by atoms with Crippen LogP contribution >= 0.6 is 0 Å². The summed E-state index contributed by atoms with van der Waals surface area (Å²) in [6.45, 7) is 3.34. The molecule has 0 unspecified atom stereocenters. The van der Waals surface area contributed by atoms with Crippen LogP contribution in [0, 0.1) is 11.6 Å². The molecule has 1 saturated heterocycles. The van der Waals surface area contributed by atoms with Crippen LogP contribution in [0.2, 0.25) is 0 Å². The van der Waals surface area contributed by atoms with E-state index in [1.807, 2.05) is 0 Å². The van der Waals surface area contributed by atoms with Crippen LogP contribution in [0.25, 0.3) is 0 Å². The van der Waals surface area contributed by atoms with Crippen molar-refractivity contribution >= 4 is 23.4 Å². The van der Waals surface area contributed by atoms with E-state index in [1.165, 1.54) is 18.2 Å². The van der Waals surface area contributed by atoms with Gasteiger partial charge in [0, 0.05) is 31.9 Å². The first kappa shape index (κ1) is 19.6. The maximum absolute atomic E-state index is 13.9. The normalized spacial score (nSPS) is 14.0. The van der Waals surface area contributed by atoms with Gasteiger partial charge in [-0.25, -0.2) is 18.4 Å². The second-order valence-electron chi connectivity index (χ2n) is 6.27. The summed E-state index contributed by atoms with van der Waals surface area (Å²) in [5, 5.41) is 2.76. The Hall–Kier alpha value is -3.16. The first-order valence-corrected chi connectivity index (χ1v) is 9.01. The van der Waals surface area contributed by atoms with Crippen molar-refractivity contribution in [1.82, 2.24) is 4.90 Å². The number of anilines is 2. The summed E-state index contributed by atoms with van der Waals surface area (Å²) in [4.78, 5) is 27.2. The van der Waals surface area contributed by atoms with Crippen molar-refractivity contribution in [1.29, 1.82) is 0 Å². The van der Waals surface area contributed by atoms with Crippen LogP contribution in [0.15, 0.2) is 42.5 Å². The summed E-state index contributed by atoms with van der Waals surface area (Å²) in [6, 6.07) is 9.85. The van der Waals surface area contributed by atoms with Gasteiger partial charge in [0.05, 0.1) is 12.2 Å². The van der Waals surface area contributed by atoms with Gasteiger partial charge < -0.3 is 19.9 Å². The molecule has 1 aliphatic heterocycles. The van der Waals surface area contributed by atoms with Crippen molar-refractivity contribution in [3.8, 4) is 0 Å². The van der Waals surface area contributed by atoms with Crippen LogP contribution in [-0.2, 0) is 4.74 Å². The number of nitrogens with zero attached hydrogens (tertiary/aromatic N) is 2. The molecule has 2 aromatic carbocycles. The molecule has 0 saturated carbocycles. The lowest BCUT2D eigenvalue weighted by molar-refractivity contribution is 0.0526. The number of carbonyl (C=O) groups is 2. The molecule has 0 spiro atoms. The zero-order valence-electron chi connectivity index (χ0n) is 15.5. The Morgan fingerprint density at radius 2 is 1.61 bits per heavy atom. The molecule has 3 rings (SSSR count). The van der Waals surface area contributed by atoms with Gasteiger partial charge in [-0.1, -0.05) is 6.07 Å². The van der Waals surface area contributed by atoms with Gasteiger partial charge >= 0.3 is 12.0 Å². The lowest BCUT2D eigenvalue weighted by atomic mass is 10.2. The lowest BCUT2D eigenvalue weighted by Crippen LogP contribution is -2.50. The Bertz CT molecular complexity index is 830. The van der Waals surface area contributed by atoms with Crippen LogP contribution in [0.1, 0.15) is 17.3 Å². The fraction of sp³-hybridized carbons (Fsp3) is 0.300. The molecular weight excluding hydrogens is 368 g/mol. The number of nitrogens with one attached hydrogen (secondary N) is 1. The molecule has 8 heteroatoms. The summed E-state index contributed by atoms with van der Waals surface area (Å²) in [5.74, 6) is -1.64. The molecule has 0 aliphatic carbocycles. The van der Waals surface area contributed by atoms with E-state index in [4.69, 9.17) is 4.74 Å².